The summed E-state index contributed by atoms with van der Waals surface area (Å²) in [7, 11) is 1.69. The molecule has 0 spiro atoms. The molecule has 0 N–H and O–H groups in total. The molecule has 26 heavy (non-hydrogen) atoms. The first kappa shape index (κ1) is 18.3. The second-order valence-electron chi connectivity index (χ2n) is 7.52. The Morgan fingerprint density at radius 2 is 1.81 bits per heavy atom. The van der Waals surface area contributed by atoms with Crippen LogP contribution in [0.4, 0.5) is 5.69 Å². The van der Waals surface area contributed by atoms with E-state index in [1.165, 1.54) is 0 Å². The minimum atomic E-state index is 0.0531. The van der Waals surface area contributed by atoms with Gasteiger partial charge in [0, 0.05) is 18.2 Å². The van der Waals surface area contributed by atoms with E-state index in [2.05, 4.69) is 20.8 Å². The Kier molecular flexibility index (Phi) is 5.52. The van der Waals surface area contributed by atoms with Gasteiger partial charge in [0.1, 0.15) is 12.3 Å². The van der Waals surface area contributed by atoms with Crippen molar-refractivity contribution < 1.29 is 9.47 Å². The van der Waals surface area contributed by atoms with Gasteiger partial charge in [-0.2, -0.15) is 0 Å². The van der Waals surface area contributed by atoms with Gasteiger partial charge in [0.2, 0.25) is 5.90 Å². The van der Waals surface area contributed by atoms with Gasteiger partial charge in [0.15, 0.2) is 0 Å². The predicted octanol–water partition coefficient (Wildman–Crippen LogP) is 4.80. The number of rotatable bonds is 5. The molecule has 3 rings (SSSR count). The van der Waals surface area contributed by atoms with Crippen LogP contribution < -0.4 is 0 Å². The second kappa shape index (κ2) is 7.83. The molecular weight excluding hydrogens is 324 g/mol. The molecule has 2 aromatic carbocycles. The minimum Gasteiger partial charge on any atom is -0.474 e. The van der Waals surface area contributed by atoms with E-state index in [9.17, 15) is 0 Å². The highest BCUT2D eigenvalue weighted by atomic mass is 16.5. The maximum Gasteiger partial charge on any atom is 0.236 e. The van der Waals surface area contributed by atoms with E-state index in [0.717, 1.165) is 22.5 Å². The molecule has 0 saturated carbocycles. The van der Waals surface area contributed by atoms with Crippen molar-refractivity contribution in [3.63, 3.8) is 0 Å². The molecule has 0 bridgehead atoms. The third kappa shape index (κ3) is 4.20. The highest BCUT2D eigenvalue weighted by Gasteiger charge is 2.32. The van der Waals surface area contributed by atoms with Gasteiger partial charge in [0.05, 0.1) is 18.3 Å². The lowest BCUT2D eigenvalue weighted by Crippen LogP contribution is -2.25. The first-order valence-corrected chi connectivity index (χ1v) is 8.91. The summed E-state index contributed by atoms with van der Waals surface area (Å²) in [6.45, 7) is 7.65. The Bertz CT molecular complexity index is 804. The molecule has 1 aliphatic heterocycles. The second-order valence-corrected chi connectivity index (χ2v) is 7.52. The Morgan fingerprint density at radius 3 is 2.46 bits per heavy atom. The van der Waals surface area contributed by atoms with E-state index >= 15 is 0 Å². The minimum absolute atomic E-state index is 0.0531. The van der Waals surface area contributed by atoms with Crippen molar-refractivity contribution in [3.8, 4) is 0 Å². The van der Waals surface area contributed by atoms with Gasteiger partial charge in [-0.1, -0.05) is 69.3 Å². The van der Waals surface area contributed by atoms with Gasteiger partial charge in [-0.25, -0.2) is 9.98 Å². The Morgan fingerprint density at radius 1 is 1.12 bits per heavy atom. The van der Waals surface area contributed by atoms with Crippen molar-refractivity contribution >= 4 is 17.3 Å². The zero-order valence-electron chi connectivity index (χ0n) is 15.9. The van der Waals surface area contributed by atoms with Crippen LogP contribution in [-0.2, 0) is 16.1 Å². The molecule has 1 heterocycles. The average molecular weight is 350 g/mol. The lowest BCUT2D eigenvalue weighted by Gasteiger charge is -2.21. The molecule has 0 saturated heterocycles. The van der Waals surface area contributed by atoms with Crippen molar-refractivity contribution in [2.75, 3.05) is 13.7 Å². The molecule has 136 valence electrons. The van der Waals surface area contributed by atoms with E-state index in [1.54, 1.807) is 7.11 Å². The highest BCUT2D eigenvalue weighted by Crippen LogP contribution is 2.28. The first-order chi connectivity index (χ1) is 12.5. The molecule has 4 nitrogen and oxygen atoms in total. The van der Waals surface area contributed by atoms with E-state index in [1.807, 2.05) is 54.6 Å². The third-order valence-corrected chi connectivity index (χ3v) is 4.42. The molecule has 0 unspecified atom stereocenters. The average Bonchev–Trinajstić information content (AvgIpc) is 3.12. The quantitative estimate of drug-likeness (QED) is 0.727. The number of nitrogens with zero attached hydrogens (tertiary/aromatic N) is 2. The van der Waals surface area contributed by atoms with Crippen LogP contribution in [0.1, 0.15) is 31.9 Å². The van der Waals surface area contributed by atoms with Crippen molar-refractivity contribution in [2.45, 2.75) is 33.4 Å². The maximum absolute atomic E-state index is 5.97. The number of ether oxygens (including phenoxy) is 2. The summed E-state index contributed by atoms with van der Waals surface area (Å²) in [6.07, 6.45) is 0. The summed E-state index contributed by atoms with van der Waals surface area (Å²) in [5, 5.41) is 0. The van der Waals surface area contributed by atoms with E-state index in [0.29, 0.717) is 19.1 Å². The van der Waals surface area contributed by atoms with Gasteiger partial charge in [0.25, 0.3) is 0 Å². The van der Waals surface area contributed by atoms with Crippen LogP contribution in [0.15, 0.2) is 64.6 Å². The monoisotopic (exact) mass is 350 g/mol. The lowest BCUT2D eigenvalue weighted by atomic mass is 9.88. The molecule has 1 aliphatic rings. The van der Waals surface area contributed by atoms with E-state index < -0.39 is 0 Å². The molecule has 4 heteroatoms. The molecule has 1 atom stereocenters. The topological polar surface area (TPSA) is 43.2 Å². The van der Waals surface area contributed by atoms with Gasteiger partial charge in [-0.3, -0.25) is 0 Å². The fourth-order valence-electron chi connectivity index (χ4n) is 2.80. The summed E-state index contributed by atoms with van der Waals surface area (Å²) < 4.78 is 11.3. The molecule has 0 aromatic heterocycles. The molecule has 0 amide bonds. The predicted molar refractivity (Wildman–Crippen MR) is 106 cm³/mol. The van der Waals surface area contributed by atoms with Gasteiger partial charge in [-0.05, 0) is 11.5 Å². The number of aliphatic imine (C=N–C) groups is 2. The highest BCUT2D eigenvalue weighted by molar-refractivity contribution is 6.46. The number of para-hydroxylation sites is 1. The van der Waals surface area contributed by atoms with Gasteiger partial charge < -0.3 is 9.47 Å². The van der Waals surface area contributed by atoms with Crippen LogP contribution >= 0.6 is 0 Å². The number of hydrogen-bond donors (Lipinski definition) is 0. The van der Waals surface area contributed by atoms with Crippen LogP contribution in [0.2, 0.25) is 0 Å². The summed E-state index contributed by atoms with van der Waals surface area (Å²) in [5.41, 5.74) is 3.72. The first-order valence-electron chi connectivity index (χ1n) is 8.91. The van der Waals surface area contributed by atoms with Gasteiger partial charge >= 0.3 is 0 Å². The van der Waals surface area contributed by atoms with Crippen molar-refractivity contribution in [1.29, 1.82) is 0 Å². The maximum atomic E-state index is 5.97. The Balaban J connectivity index is 2.06. The Hall–Kier alpha value is -2.46. The fraction of sp³-hybridized carbons (Fsp3) is 0.364. The van der Waals surface area contributed by atoms with Crippen LogP contribution in [-0.4, -0.2) is 31.4 Å². The largest absolute Gasteiger partial charge is 0.474 e. The zero-order valence-corrected chi connectivity index (χ0v) is 15.9. The standard InChI is InChI=1S/C22H26N2O2/c1-22(2,3)19-15-26-21(24-19)20(16-10-6-5-7-11-16)23-18-13-9-8-12-17(18)14-25-4/h5-13,19H,14-15H2,1-4H3/b23-20+/t19-/m1/s1. The summed E-state index contributed by atoms with van der Waals surface area (Å²) >= 11 is 0. The van der Waals surface area contributed by atoms with Crippen LogP contribution in [0.25, 0.3) is 0 Å². The number of benzene rings is 2. The molecule has 0 aliphatic carbocycles. The van der Waals surface area contributed by atoms with Crippen molar-refractivity contribution in [1.82, 2.24) is 0 Å². The summed E-state index contributed by atoms with van der Waals surface area (Å²) in [4.78, 5) is 9.77. The zero-order chi connectivity index (χ0) is 18.6. The molecular formula is C22H26N2O2. The van der Waals surface area contributed by atoms with Crippen molar-refractivity contribution in [2.24, 2.45) is 15.4 Å². The van der Waals surface area contributed by atoms with E-state index in [-0.39, 0.29) is 11.5 Å². The number of methoxy groups -OCH3 is 1. The summed E-state index contributed by atoms with van der Waals surface area (Å²) in [6, 6.07) is 18.2. The molecule has 0 radical (unpaired) electrons. The van der Waals surface area contributed by atoms with Crippen molar-refractivity contribution in [3.05, 3.63) is 65.7 Å². The van der Waals surface area contributed by atoms with Crippen LogP contribution in [0, 0.1) is 5.41 Å². The Labute approximate surface area is 155 Å². The normalized spacial score (nSPS) is 17.8. The van der Waals surface area contributed by atoms with E-state index in [4.69, 9.17) is 19.5 Å². The fourth-order valence-corrected chi connectivity index (χ4v) is 2.80. The van der Waals surface area contributed by atoms with Crippen LogP contribution in [0.3, 0.4) is 0 Å². The smallest absolute Gasteiger partial charge is 0.236 e. The molecule has 0 fully saturated rings. The number of hydrogen-bond acceptors (Lipinski definition) is 4. The SMILES string of the molecule is COCc1ccccc1/N=C(/C1=N[C@@H](C(C)(C)C)CO1)c1ccccc1. The van der Waals surface area contributed by atoms with Crippen LogP contribution in [0.5, 0.6) is 0 Å². The van der Waals surface area contributed by atoms with Gasteiger partial charge in [-0.15, -0.1) is 0 Å². The third-order valence-electron chi connectivity index (χ3n) is 4.42. The summed E-state index contributed by atoms with van der Waals surface area (Å²) in [5.74, 6) is 0.614. The lowest BCUT2D eigenvalue weighted by molar-refractivity contribution is 0.185. The molecule has 2 aromatic rings.